The summed E-state index contributed by atoms with van der Waals surface area (Å²) >= 11 is 0. The Bertz CT molecular complexity index is 1080. The Morgan fingerprint density at radius 2 is 2.06 bits per heavy atom. The molecule has 2 atom stereocenters. The molecule has 0 spiro atoms. The second-order valence-corrected chi connectivity index (χ2v) is 11.0. The number of rotatable bonds is 10. The average molecular weight is 489 g/mol. The van der Waals surface area contributed by atoms with Crippen molar-refractivity contribution in [1.29, 1.82) is 0 Å². The van der Waals surface area contributed by atoms with Crippen LogP contribution < -0.4 is 0 Å². The van der Waals surface area contributed by atoms with Crippen LogP contribution in [0.25, 0.3) is 0 Å². The zero-order chi connectivity index (χ0) is 24.7. The molecule has 0 fully saturated rings. The molecular formula is C24H32N4O5S. The summed E-state index contributed by atoms with van der Waals surface area (Å²) in [5.41, 5.74) is 1.83. The topological polar surface area (TPSA) is 114 Å². The minimum Gasteiger partial charge on any atom is -0.344 e. The normalized spacial score (nSPS) is 19.3. The van der Waals surface area contributed by atoms with Crippen LogP contribution >= 0.6 is 0 Å². The van der Waals surface area contributed by atoms with Crippen LogP contribution in [0.15, 0.2) is 60.0 Å². The van der Waals surface area contributed by atoms with Crippen LogP contribution in [0.3, 0.4) is 0 Å². The first-order valence-corrected chi connectivity index (χ1v) is 13.0. The van der Waals surface area contributed by atoms with E-state index < -0.39 is 26.2 Å². The standard InChI is InChI=1S/C24H32N4O5S/c1-26(17-15-20-10-6-7-16-25-20)24(29)23(18-19-8-4-3-5-9-19)27(2)34(32,33)22-13-11-21(12-14-22)28(30)31/h6-8,10-13,16,22-23H,3-5,9,14-15,17-18H2,1-2H3/t22?,23-/m0/s1. The number of likely N-dealkylation sites (N-methyl/N-ethyl adjacent to an activating group) is 2. The molecule has 1 aromatic rings. The number of hydrogen-bond donors (Lipinski definition) is 0. The van der Waals surface area contributed by atoms with Crippen LogP contribution in [0.4, 0.5) is 0 Å². The molecule has 2 aliphatic carbocycles. The number of nitro groups is 1. The molecule has 1 amide bonds. The highest BCUT2D eigenvalue weighted by molar-refractivity contribution is 7.89. The summed E-state index contributed by atoms with van der Waals surface area (Å²) in [4.78, 5) is 29.8. The van der Waals surface area contributed by atoms with E-state index in [1.54, 1.807) is 18.1 Å². The largest absolute Gasteiger partial charge is 0.344 e. The van der Waals surface area contributed by atoms with E-state index in [0.29, 0.717) is 19.4 Å². The maximum atomic E-state index is 13.5. The van der Waals surface area contributed by atoms with E-state index >= 15 is 0 Å². The van der Waals surface area contributed by atoms with Crippen molar-refractivity contribution < 1.29 is 18.1 Å². The molecule has 2 aliphatic rings. The van der Waals surface area contributed by atoms with Crippen molar-refractivity contribution >= 4 is 15.9 Å². The second kappa shape index (κ2) is 11.5. The fourth-order valence-corrected chi connectivity index (χ4v) is 5.80. The van der Waals surface area contributed by atoms with Gasteiger partial charge >= 0.3 is 0 Å². The van der Waals surface area contributed by atoms with Gasteiger partial charge in [-0.1, -0.05) is 23.8 Å². The molecule has 1 aromatic heterocycles. The van der Waals surface area contributed by atoms with E-state index in [1.165, 1.54) is 29.6 Å². The molecule has 0 radical (unpaired) electrons. The van der Waals surface area contributed by atoms with Crippen molar-refractivity contribution in [3.8, 4) is 0 Å². The molecule has 0 bridgehead atoms. The lowest BCUT2D eigenvalue weighted by Crippen LogP contribution is -2.51. The summed E-state index contributed by atoms with van der Waals surface area (Å²) in [5.74, 6) is -0.269. The lowest BCUT2D eigenvalue weighted by Gasteiger charge is -2.33. The average Bonchev–Trinajstić information content (AvgIpc) is 2.86. The van der Waals surface area contributed by atoms with E-state index in [2.05, 4.69) is 11.1 Å². The second-order valence-electron chi connectivity index (χ2n) is 8.74. The number of carbonyl (C=O) groups is 1. The van der Waals surface area contributed by atoms with E-state index in [4.69, 9.17) is 0 Å². The van der Waals surface area contributed by atoms with Gasteiger partial charge in [0.2, 0.25) is 15.9 Å². The van der Waals surface area contributed by atoms with Gasteiger partial charge < -0.3 is 4.90 Å². The van der Waals surface area contributed by atoms with E-state index in [9.17, 15) is 23.3 Å². The van der Waals surface area contributed by atoms with Crippen molar-refractivity contribution in [2.24, 2.45) is 0 Å². The smallest absolute Gasteiger partial charge is 0.265 e. The third-order valence-corrected chi connectivity index (χ3v) is 8.58. The highest BCUT2D eigenvalue weighted by Gasteiger charge is 2.38. The minimum atomic E-state index is -3.91. The molecule has 3 rings (SSSR count). The summed E-state index contributed by atoms with van der Waals surface area (Å²) in [6.07, 6.45) is 12.5. The van der Waals surface area contributed by atoms with Gasteiger partial charge in [0, 0.05) is 45.0 Å². The number of carbonyl (C=O) groups excluding carboxylic acids is 1. The van der Waals surface area contributed by atoms with Crippen molar-refractivity contribution in [2.75, 3.05) is 20.6 Å². The third-order valence-electron chi connectivity index (χ3n) is 6.41. The summed E-state index contributed by atoms with van der Waals surface area (Å²) in [6.45, 7) is 0.414. The Labute approximate surface area is 201 Å². The lowest BCUT2D eigenvalue weighted by molar-refractivity contribution is -0.419. The first kappa shape index (κ1) is 25.8. The SMILES string of the molecule is CN(CCc1ccccn1)C(=O)[C@H](CC1=CCCCC1)N(C)S(=O)(=O)C1C=CC([N+](=O)[O-])=CC1. The summed E-state index contributed by atoms with van der Waals surface area (Å²) in [5, 5.41) is 10.0. The van der Waals surface area contributed by atoms with Gasteiger partial charge in [0.05, 0.1) is 10.2 Å². The van der Waals surface area contributed by atoms with Crippen LogP contribution in [-0.2, 0) is 21.2 Å². The van der Waals surface area contributed by atoms with Gasteiger partial charge in [-0.25, -0.2) is 8.42 Å². The molecule has 34 heavy (non-hydrogen) atoms. The van der Waals surface area contributed by atoms with Gasteiger partial charge in [0.25, 0.3) is 5.70 Å². The Morgan fingerprint density at radius 3 is 2.65 bits per heavy atom. The number of amides is 1. The quantitative estimate of drug-likeness (QED) is 0.284. The number of aromatic nitrogens is 1. The van der Waals surface area contributed by atoms with Gasteiger partial charge in [-0.3, -0.25) is 19.9 Å². The molecule has 9 nitrogen and oxygen atoms in total. The highest BCUT2D eigenvalue weighted by atomic mass is 32.2. The minimum absolute atomic E-state index is 0.00138. The predicted molar refractivity (Wildman–Crippen MR) is 130 cm³/mol. The van der Waals surface area contributed by atoms with Crippen molar-refractivity contribution in [3.63, 3.8) is 0 Å². The first-order chi connectivity index (χ1) is 16.2. The first-order valence-electron chi connectivity index (χ1n) is 11.5. The van der Waals surface area contributed by atoms with Crippen LogP contribution in [0.5, 0.6) is 0 Å². The Hall–Kier alpha value is -2.85. The third kappa shape index (κ3) is 6.38. The maximum Gasteiger partial charge on any atom is 0.265 e. The molecule has 0 saturated heterocycles. The Morgan fingerprint density at radius 1 is 1.26 bits per heavy atom. The molecular weight excluding hydrogens is 456 g/mol. The number of sulfonamides is 1. The van der Waals surface area contributed by atoms with Crippen LogP contribution in [0.1, 0.15) is 44.2 Å². The van der Waals surface area contributed by atoms with Crippen LogP contribution in [0.2, 0.25) is 0 Å². The molecule has 0 N–H and O–H groups in total. The van der Waals surface area contributed by atoms with E-state index in [0.717, 1.165) is 37.0 Å². The van der Waals surface area contributed by atoms with E-state index in [-0.39, 0.29) is 18.0 Å². The molecule has 184 valence electrons. The monoisotopic (exact) mass is 488 g/mol. The highest BCUT2D eigenvalue weighted by Crippen LogP contribution is 2.27. The summed E-state index contributed by atoms with van der Waals surface area (Å²) in [7, 11) is -0.794. The molecule has 1 heterocycles. The number of nitrogens with zero attached hydrogens (tertiary/aromatic N) is 4. The zero-order valence-corrected chi connectivity index (χ0v) is 20.5. The van der Waals surface area contributed by atoms with Gasteiger partial charge in [-0.15, -0.1) is 0 Å². The van der Waals surface area contributed by atoms with Gasteiger partial charge in [0.15, 0.2) is 0 Å². The fraction of sp³-hybridized carbons (Fsp3) is 0.500. The number of hydrogen-bond acceptors (Lipinski definition) is 6. The zero-order valence-electron chi connectivity index (χ0n) is 19.7. The molecule has 10 heteroatoms. The fourth-order valence-electron chi connectivity index (χ4n) is 4.24. The summed E-state index contributed by atoms with van der Waals surface area (Å²) in [6, 6.07) is 4.73. The molecule has 0 aliphatic heterocycles. The molecule has 0 saturated carbocycles. The van der Waals surface area contributed by atoms with Crippen LogP contribution in [-0.4, -0.2) is 65.4 Å². The Kier molecular flexibility index (Phi) is 8.73. The van der Waals surface area contributed by atoms with Crippen molar-refractivity contribution in [1.82, 2.24) is 14.2 Å². The maximum absolute atomic E-state index is 13.5. The van der Waals surface area contributed by atoms with Crippen molar-refractivity contribution in [3.05, 3.63) is 75.8 Å². The van der Waals surface area contributed by atoms with Crippen molar-refractivity contribution in [2.45, 2.75) is 56.2 Å². The molecule has 1 unspecified atom stereocenters. The van der Waals surface area contributed by atoms with Gasteiger partial charge in [-0.2, -0.15) is 4.31 Å². The lowest BCUT2D eigenvalue weighted by atomic mass is 9.94. The van der Waals surface area contributed by atoms with Crippen LogP contribution in [0, 0.1) is 10.1 Å². The predicted octanol–water partition coefficient (Wildman–Crippen LogP) is 3.09. The number of pyridine rings is 1. The van der Waals surface area contributed by atoms with E-state index in [1.807, 2.05) is 18.2 Å². The summed E-state index contributed by atoms with van der Waals surface area (Å²) < 4.78 is 28.0. The molecule has 0 aromatic carbocycles. The van der Waals surface area contributed by atoms with Gasteiger partial charge in [0.1, 0.15) is 6.04 Å². The Balaban J connectivity index is 1.78. The van der Waals surface area contributed by atoms with Gasteiger partial charge in [-0.05, 0) is 56.7 Å². The number of allylic oxidation sites excluding steroid dienone is 3.